The van der Waals surface area contributed by atoms with Crippen molar-refractivity contribution in [3.63, 3.8) is 0 Å². The van der Waals surface area contributed by atoms with Crippen LogP contribution in [0.1, 0.15) is 24.5 Å². The van der Waals surface area contributed by atoms with Gasteiger partial charge >= 0.3 is 0 Å². The molecule has 0 amide bonds. The lowest BCUT2D eigenvalue weighted by atomic mass is 10.1. The fourth-order valence-corrected chi connectivity index (χ4v) is 1.67. The Hall–Kier alpha value is -1.48. The lowest BCUT2D eigenvalue weighted by molar-refractivity contribution is 0.291. The Balaban J connectivity index is 3.14. The molecule has 0 heterocycles. The smallest absolute Gasteiger partial charge is 0.164 e. The van der Waals surface area contributed by atoms with Gasteiger partial charge in [0.2, 0.25) is 0 Å². The van der Waals surface area contributed by atoms with Gasteiger partial charge in [-0.05, 0) is 24.5 Å². The average Bonchev–Trinajstić information content (AvgIpc) is 2.36. The lowest BCUT2D eigenvalue weighted by Gasteiger charge is -2.15. The molecule has 2 N–H and O–H groups in total. The molecular formula is C14H21NO2. The number of ether oxygens (including phenoxy) is 2. The van der Waals surface area contributed by atoms with Gasteiger partial charge in [-0.3, -0.25) is 0 Å². The SMILES string of the molecule is C=CCc1cc(CN)cc(OC)c1OCCC. The molecule has 0 unspecified atom stereocenters. The zero-order valence-electron chi connectivity index (χ0n) is 10.7. The summed E-state index contributed by atoms with van der Waals surface area (Å²) in [5.41, 5.74) is 7.79. The second kappa shape index (κ2) is 6.97. The van der Waals surface area contributed by atoms with Crippen molar-refractivity contribution in [3.8, 4) is 11.5 Å². The molecule has 0 atom stereocenters. The number of methoxy groups -OCH3 is 1. The second-order valence-electron chi connectivity index (χ2n) is 3.83. The molecule has 0 aliphatic carbocycles. The van der Waals surface area contributed by atoms with Gasteiger partial charge in [0.05, 0.1) is 13.7 Å². The van der Waals surface area contributed by atoms with Gasteiger partial charge in [-0.15, -0.1) is 6.58 Å². The first-order chi connectivity index (χ1) is 8.26. The number of hydrogen-bond donors (Lipinski definition) is 1. The van der Waals surface area contributed by atoms with Crippen molar-refractivity contribution in [2.75, 3.05) is 13.7 Å². The zero-order chi connectivity index (χ0) is 12.7. The van der Waals surface area contributed by atoms with E-state index in [2.05, 4.69) is 19.6 Å². The van der Waals surface area contributed by atoms with Gasteiger partial charge in [-0.1, -0.05) is 19.1 Å². The number of allylic oxidation sites excluding steroid dienone is 1. The molecule has 1 aromatic carbocycles. The summed E-state index contributed by atoms with van der Waals surface area (Å²) in [7, 11) is 1.64. The van der Waals surface area contributed by atoms with Crippen LogP contribution >= 0.6 is 0 Å². The normalized spacial score (nSPS) is 10.1. The van der Waals surface area contributed by atoms with Gasteiger partial charge in [0, 0.05) is 12.1 Å². The lowest BCUT2D eigenvalue weighted by Crippen LogP contribution is -2.04. The Morgan fingerprint density at radius 2 is 2.18 bits per heavy atom. The molecule has 0 saturated carbocycles. The quantitative estimate of drug-likeness (QED) is 0.739. The van der Waals surface area contributed by atoms with Gasteiger partial charge < -0.3 is 15.2 Å². The number of benzene rings is 1. The molecule has 0 aromatic heterocycles. The van der Waals surface area contributed by atoms with Crippen LogP contribution in [-0.2, 0) is 13.0 Å². The molecular weight excluding hydrogens is 214 g/mol. The Morgan fingerprint density at radius 3 is 2.71 bits per heavy atom. The topological polar surface area (TPSA) is 44.5 Å². The number of rotatable bonds is 7. The van der Waals surface area contributed by atoms with E-state index in [-0.39, 0.29) is 0 Å². The first kappa shape index (κ1) is 13.6. The van der Waals surface area contributed by atoms with Crippen LogP contribution in [0.5, 0.6) is 11.5 Å². The third-order valence-electron chi connectivity index (χ3n) is 2.46. The highest BCUT2D eigenvalue weighted by atomic mass is 16.5. The molecule has 0 fully saturated rings. The monoisotopic (exact) mass is 235 g/mol. The summed E-state index contributed by atoms with van der Waals surface area (Å²) in [5.74, 6) is 1.56. The molecule has 3 nitrogen and oxygen atoms in total. The minimum atomic E-state index is 0.495. The van der Waals surface area contributed by atoms with Crippen LogP contribution in [0.15, 0.2) is 24.8 Å². The van der Waals surface area contributed by atoms with E-state index in [0.717, 1.165) is 35.5 Å². The van der Waals surface area contributed by atoms with Gasteiger partial charge in [0.25, 0.3) is 0 Å². The van der Waals surface area contributed by atoms with Gasteiger partial charge in [0.1, 0.15) is 0 Å². The van der Waals surface area contributed by atoms with Crippen LogP contribution in [0.3, 0.4) is 0 Å². The standard InChI is InChI=1S/C14H21NO2/c1-4-6-12-8-11(10-15)9-13(16-3)14(12)17-7-5-2/h4,8-9H,1,5-7,10,15H2,2-3H3. The maximum Gasteiger partial charge on any atom is 0.164 e. The molecule has 0 spiro atoms. The van der Waals surface area contributed by atoms with Crippen LogP contribution in [0.25, 0.3) is 0 Å². The number of hydrogen-bond acceptors (Lipinski definition) is 3. The summed E-state index contributed by atoms with van der Waals surface area (Å²) in [6.07, 6.45) is 3.58. The maximum absolute atomic E-state index is 5.75. The highest BCUT2D eigenvalue weighted by molar-refractivity contribution is 5.50. The van der Waals surface area contributed by atoms with E-state index in [1.165, 1.54) is 0 Å². The van der Waals surface area contributed by atoms with E-state index in [4.69, 9.17) is 15.2 Å². The Morgan fingerprint density at radius 1 is 1.41 bits per heavy atom. The zero-order valence-corrected chi connectivity index (χ0v) is 10.7. The van der Waals surface area contributed by atoms with Gasteiger partial charge in [0.15, 0.2) is 11.5 Å². The largest absolute Gasteiger partial charge is 0.493 e. The van der Waals surface area contributed by atoms with E-state index in [9.17, 15) is 0 Å². The molecule has 17 heavy (non-hydrogen) atoms. The van der Waals surface area contributed by atoms with Crippen LogP contribution < -0.4 is 15.2 Å². The molecule has 1 aromatic rings. The molecule has 3 heteroatoms. The Labute approximate surface area is 103 Å². The summed E-state index contributed by atoms with van der Waals surface area (Å²) in [5, 5.41) is 0. The average molecular weight is 235 g/mol. The van der Waals surface area contributed by atoms with Crippen LogP contribution in [0.2, 0.25) is 0 Å². The summed E-state index contributed by atoms with van der Waals surface area (Å²) in [6, 6.07) is 3.98. The third kappa shape index (κ3) is 3.49. The first-order valence-corrected chi connectivity index (χ1v) is 5.90. The van der Waals surface area contributed by atoms with Crippen molar-refractivity contribution < 1.29 is 9.47 Å². The predicted molar refractivity (Wildman–Crippen MR) is 70.6 cm³/mol. The van der Waals surface area contributed by atoms with Crippen molar-refractivity contribution in [1.29, 1.82) is 0 Å². The van der Waals surface area contributed by atoms with Crippen molar-refractivity contribution in [3.05, 3.63) is 35.9 Å². The van der Waals surface area contributed by atoms with Crippen molar-refractivity contribution in [2.24, 2.45) is 5.73 Å². The third-order valence-corrected chi connectivity index (χ3v) is 2.46. The molecule has 0 radical (unpaired) electrons. The van der Waals surface area contributed by atoms with Gasteiger partial charge in [-0.2, -0.15) is 0 Å². The summed E-state index contributed by atoms with van der Waals surface area (Å²) in [6.45, 7) is 7.02. The Bertz CT molecular complexity index is 375. The van der Waals surface area contributed by atoms with Crippen molar-refractivity contribution in [2.45, 2.75) is 26.3 Å². The molecule has 0 aliphatic rings. The first-order valence-electron chi connectivity index (χ1n) is 5.90. The van der Waals surface area contributed by atoms with Crippen molar-refractivity contribution >= 4 is 0 Å². The molecule has 0 aliphatic heterocycles. The fourth-order valence-electron chi connectivity index (χ4n) is 1.67. The van der Waals surface area contributed by atoms with E-state index in [1.54, 1.807) is 7.11 Å². The van der Waals surface area contributed by atoms with E-state index in [1.807, 2.05) is 12.1 Å². The molecule has 1 rings (SSSR count). The predicted octanol–water partition coefficient (Wildman–Crippen LogP) is 2.67. The fraction of sp³-hybridized carbons (Fsp3) is 0.429. The highest BCUT2D eigenvalue weighted by Crippen LogP contribution is 2.33. The van der Waals surface area contributed by atoms with Crippen molar-refractivity contribution in [1.82, 2.24) is 0 Å². The minimum Gasteiger partial charge on any atom is -0.493 e. The van der Waals surface area contributed by atoms with E-state index < -0.39 is 0 Å². The molecule has 94 valence electrons. The maximum atomic E-state index is 5.75. The van der Waals surface area contributed by atoms with Crippen LogP contribution in [-0.4, -0.2) is 13.7 Å². The highest BCUT2D eigenvalue weighted by Gasteiger charge is 2.11. The minimum absolute atomic E-state index is 0.495. The molecule has 0 bridgehead atoms. The summed E-state index contributed by atoms with van der Waals surface area (Å²) >= 11 is 0. The van der Waals surface area contributed by atoms with E-state index >= 15 is 0 Å². The molecule has 0 saturated heterocycles. The number of nitrogens with two attached hydrogens (primary N) is 1. The van der Waals surface area contributed by atoms with Gasteiger partial charge in [-0.25, -0.2) is 0 Å². The second-order valence-corrected chi connectivity index (χ2v) is 3.83. The Kier molecular flexibility index (Phi) is 5.57. The van der Waals surface area contributed by atoms with E-state index in [0.29, 0.717) is 13.2 Å². The summed E-state index contributed by atoms with van der Waals surface area (Å²) in [4.78, 5) is 0. The van der Waals surface area contributed by atoms with Crippen LogP contribution in [0.4, 0.5) is 0 Å². The summed E-state index contributed by atoms with van der Waals surface area (Å²) < 4.78 is 11.1. The van der Waals surface area contributed by atoms with Crippen LogP contribution in [0, 0.1) is 0 Å².